The lowest BCUT2D eigenvalue weighted by Gasteiger charge is -2.14. The van der Waals surface area contributed by atoms with Gasteiger partial charge in [0, 0.05) is 23.5 Å². The van der Waals surface area contributed by atoms with Crippen LogP contribution >= 0.6 is 0 Å². The Hall–Kier alpha value is -4.86. The van der Waals surface area contributed by atoms with E-state index in [4.69, 9.17) is 14.1 Å². The molecule has 0 unspecified atom stereocenters. The molecule has 4 rings (SSSR count). The molecule has 0 atom stereocenters. The van der Waals surface area contributed by atoms with Crippen LogP contribution in [0.3, 0.4) is 0 Å². The minimum Gasteiger partial charge on any atom is -0.457 e. The van der Waals surface area contributed by atoms with E-state index >= 15 is 0 Å². The summed E-state index contributed by atoms with van der Waals surface area (Å²) in [5, 5.41) is 7.63. The number of oxime groups is 2. The summed E-state index contributed by atoms with van der Waals surface area (Å²) in [5.41, 5.74) is 3.60. The van der Waals surface area contributed by atoms with Crippen LogP contribution in [-0.2, 0) is 19.3 Å². The number of hydrogen-bond acceptors (Lipinski definition) is 9. The van der Waals surface area contributed by atoms with E-state index in [0.717, 1.165) is 0 Å². The molecule has 40 heavy (non-hydrogen) atoms. The first-order chi connectivity index (χ1) is 19.0. The van der Waals surface area contributed by atoms with Gasteiger partial charge in [-0.25, -0.2) is 9.59 Å². The molecule has 2 aliphatic carbocycles. The van der Waals surface area contributed by atoms with Crippen molar-refractivity contribution in [3.05, 3.63) is 95.3 Å². The summed E-state index contributed by atoms with van der Waals surface area (Å²) < 4.78 is 6.19. The average molecular weight is 546 g/mol. The molecule has 2 aromatic rings. The van der Waals surface area contributed by atoms with Crippen LogP contribution in [0, 0.1) is 11.8 Å². The smallest absolute Gasteiger partial charge is 0.444 e. The van der Waals surface area contributed by atoms with E-state index in [1.54, 1.807) is 56.6 Å². The lowest BCUT2D eigenvalue weighted by atomic mass is 9.90. The van der Waals surface area contributed by atoms with Crippen LogP contribution in [0.4, 0.5) is 4.79 Å². The predicted octanol–water partition coefficient (Wildman–Crippen LogP) is 5.84. The Bertz CT molecular complexity index is 1350. The monoisotopic (exact) mass is 545 g/mol. The summed E-state index contributed by atoms with van der Waals surface area (Å²) >= 11 is 0. The van der Waals surface area contributed by atoms with Gasteiger partial charge in [0.1, 0.15) is 11.4 Å². The molecule has 0 aromatic carbocycles. The number of carbonyl (C=O) groups is 4. The molecule has 10 heteroatoms. The van der Waals surface area contributed by atoms with Crippen LogP contribution in [0.15, 0.2) is 104 Å². The van der Waals surface area contributed by atoms with Gasteiger partial charge in [0.05, 0.1) is 6.26 Å². The highest BCUT2D eigenvalue weighted by atomic mass is 16.7. The van der Waals surface area contributed by atoms with Gasteiger partial charge >= 0.3 is 12.1 Å². The quantitative estimate of drug-likeness (QED) is 0.262. The van der Waals surface area contributed by atoms with Gasteiger partial charge in [-0.1, -0.05) is 38.0 Å². The molecule has 0 saturated heterocycles. The van der Waals surface area contributed by atoms with E-state index in [1.165, 1.54) is 29.0 Å². The predicted molar refractivity (Wildman–Crippen MR) is 149 cm³/mol. The lowest BCUT2D eigenvalue weighted by molar-refractivity contribution is -0.112. The van der Waals surface area contributed by atoms with Crippen molar-refractivity contribution in [2.45, 2.75) is 41.5 Å². The molecule has 2 heterocycles. The summed E-state index contributed by atoms with van der Waals surface area (Å²) in [7, 11) is 0. The fraction of sp³-hybridized carbons (Fsp3) is 0.267. The second kappa shape index (κ2) is 13.3. The van der Waals surface area contributed by atoms with Crippen LogP contribution < -0.4 is 0 Å². The molecular formula is C30H31N3O7. The summed E-state index contributed by atoms with van der Waals surface area (Å²) in [4.78, 5) is 56.6. The molecule has 0 bridgehead atoms. The van der Waals surface area contributed by atoms with E-state index in [-0.39, 0.29) is 29.2 Å². The highest BCUT2D eigenvalue weighted by Gasteiger charge is 2.21. The van der Waals surface area contributed by atoms with Gasteiger partial charge in [0.25, 0.3) is 0 Å². The Kier molecular flexibility index (Phi) is 9.86. The number of furan rings is 1. The van der Waals surface area contributed by atoms with Crippen LogP contribution in [-0.4, -0.2) is 39.6 Å². The van der Waals surface area contributed by atoms with Crippen molar-refractivity contribution in [2.75, 3.05) is 0 Å². The molecule has 0 spiro atoms. The number of allylic oxidation sites excluding steroid dienone is 8. The molecule has 0 radical (unpaired) electrons. The second-order valence-corrected chi connectivity index (χ2v) is 9.65. The van der Waals surface area contributed by atoms with E-state index in [9.17, 15) is 19.2 Å². The Morgan fingerprint density at radius 3 is 1.73 bits per heavy atom. The lowest BCUT2D eigenvalue weighted by Crippen LogP contribution is -2.17. The van der Waals surface area contributed by atoms with Crippen molar-refractivity contribution in [1.82, 2.24) is 4.57 Å². The Morgan fingerprint density at radius 1 is 0.775 bits per heavy atom. The zero-order valence-electron chi connectivity index (χ0n) is 23.2. The van der Waals surface area contributed by atoms with E-state index in [2.05, 4.69) is 10.3 Å². The Labute approximate surface area is 232 Å². The van der Waals surface area contributed by atoms with Crippen molar-refractivity contribution in [3.8, 4) is 0 Å². The van der Waals surface area contributed by atoms with Crippen molar-refractivity contribution < 1.29 is 33.3 Å². The summed E-state index contributed by atoms with van der Waals surface area (Å²) in [6, 6.07) is 6.52. The number of rotatable bonds is 5. The zero-order valence-corrected chi connectivity index (χ0v) is 23.2. The summed E-state index contributed by atoms with van der Waals surface area (Å²) in [6.45, 7) is 11.2. The summed E-state index contributed by atoms with van der Waals surface area (Å²) in [6.07, 6.45) is 10.3. The molecule has 0 saturated carbocycles. The number of aromatic nitrogens is 1. The van der Waals surface area contributed by atoms with Gasteiger partial charge in [-0.3, -0.25) is 19.0 Å². The van der Waals surface area contributed by atoms with Gasteiger partial charge in [-0.2, -0.15) is 0 Å². The molecular weight excluding hydrogens is 514 g/mol. The highest BCUT2D eigenvalue weighted by molar-refractivity contribution is 6.22. The van der Waals surface area contributed by atoms with Crippen LogP contribution in [0.1, 0.15) is 52.1 Å². The first kappa shape index (κ1) is 29.7. The topological polar surface area (TPSA) is 130 Å². The minimum atomic E-state index is -0.674. The Morgan fingerprint density at radius 2 is 1.27 bits per heavy atom. The molecule has 10 nitrogen and oxygen atoms in total. The standard InChI is InChI=1S/C15H16N2O3.C15H15NO4/c1-10(2)12-9-13(11(3)8-14(12)18)16-20-15(19)17-6-4-5-7-17;1-9(2)11-8-12(10(3)7-13(11)17)16-20-15(18)14-5-4-6-19-14/h4-10H,1-3H3;4-9H,1-3H3. The van der Waals surface area contributed by atoms with Gasteiger partial charge < -0.3 is 9.25 Å². The average Bonchev–Trinajstić information content (AvgIpc) is 3.62. The Balaban J connectivity index is 0.000000220. The number of nitrogens with zero attached hydrogens (tertiary/aromatic N) is 3. The maximum Gasteiger partial charge on any atom is 0.444 e. The summed E-state index contributed by atoms with van der Waals surface area (Å²) in [5.74, 6) is -0.473. The van der Waals surface area contributed by atoms with E-state index < -0.39 is 12.1 Å². The van der Waals surface area contributed by atoms with Crippen LogP contribution in [0.5, 0.6) is 0 Å². The first-order valence-corrected chi connectivity index (χ1v) is 12.6. The molecule has 208 valence electrons. The second-order valence-electron chi connectivity index (χ2n) is 9.65. The van der Waals surface area contributed by atoms with Gasteiger partial charge in [-0.15, -0.1) is 0 Å². The van der Waals surface area contributed by atoms with Crippen molar-refractivity contribution in [1.29, 1.82) is 0 Å². The number of hydrogen-bond donors (Lipinski definition) is 0. The third-order valence-corrected chi connectivity index (χ3v) is 5.89. The fourth-order valence-electron chi connectivity index (χ4n) is 3.59. The molecule has 0 fully saturated rings. The molecule has 0 N–H and O–H groups in total. The minimum absolute atomic E-state index is 0.0202. The highest BCUT2D eigenvalue weighted by Crippen LogP contribution is 2.20. The van der Waals surface area contributed by atoms with Crippen LogP contribution in [0.25, 0.3) is 0 Å². The van der Waals surface area contributed by atoms with Gasteiger partial charge in [0.15, 0.2) is 11.6 Å². The maximum atomic E-state index is 11.8. The van der Waals surface area contributed by atoms with Gasteiger partial charge in [-0.05, 0) is 85.4 Å². The number of carbonyl (C=O) groups excluding carboxylic acids is 4. The number of ketones is 2. The van der Waals surface area contributed by atoms with Crippen molar-refractivity contribution in [2.24, 2.45) is 22.1 Å². The van der Waals surface area contributed by atoms with Gasteiger partial charge in [0.2, 0.25) is 5.76 Å². The van der Waals surface area contributed by atoms with Crippen molar-refractivity contribution in [3.63, 3.8) is 0 Å². The molecule has 2 aromatic heterocycles. The van der Waals surface area contributed by atoms with Crippen LogP contribution in [0.2, 0.25) is 0 Å². The van der Waals surface area contributed by atoms with Crippen molar-refractivity contribution >= 4 is 35.1 Å². The normalized spacial score (nSPS) is 17.2. The fourth-order valence-corrected chi connectivity index (χ4v) is 3.59. The molecule has 2 aliphatic rings. The third-order valence-electron chi connectivity index (χ3n) is 5.89. The third kappa shape index (κ3) is 7.59. The van der Waals surface area contributed by atoms with E-state index in [1.807, 2.05) is 27.7 Å². The largest absolute Gasteiger partial charge is 0.457 e. The maximum absolute atomic E-state index is 11.8. The molecule has 0 amide bonds. The zero-order chi connectivity index (χ0) is 29.4. The SMILES string of the molecule is CC1=CC(=O)C(C(C)C)=CC1=NOC(=O)c1ccco1.CC1=CC(=O)C(C(C)C)=CC1=NOC(=O)n1cccc1. The van der Waals surface area contributed by atoms with E-state index in [0.29, 0.717) is 33.7 Å². The molecule has 0 aliphatic heterocycles. The first-order valence-electron chi connectivity index (χ1n) is 12.6.